The van der Waals surface area contributed by atoms with E-state index < -0.39 is 12.0 Å². The summed E-state index contributed by atoms with van der Waals surface area (Å²) < 4.78 is 4.91. The maximum Gasteiger partial charge on any atom is 0.330 e. The van der Waals surface area contributed by atoms with Gasteiger partial charge in [0.2, 0.25) is 5.91 Å². The third-order valence-corrected chi connectivity index (χ3v) is 5.03. The molecule has 1 aliphatic rings. The van der Waals surface area contributed by atoms with Crippen LogP contribution in [0.2, 0.25) is 0 Å². The van der Waals surface area contributed by atoms with Crippen LogP contribution >= 0.6 is 0 Å². The van der Waals surface area contributed by atoms with Gasteiger partial charge < -0.3 is 15.4 Å². The molecule has 1 aliphatic heterocycles. The number of carbonyl (C=O) groups excluding carboxylic acids is 3. The fourth-order valence-electron chi connectivity index (χ4n) is 3.51. The zero-order valence-electron chi connectivity index (χ0n) is 16.7. The lowest BCUT2D eigenvalue weighted by Gasteiger charge is -2.18. The summed E-state index contributed by atoms with van der Waals surface area (Å²) in [4.78, 5) is 36.4. The third kappa shape index (κ3) is 5.44. The van der Waals surface area contributed by atoms with Gasteiger partial charge in [-0.15, -0.1) is 0 Å². The molecule has 0 bridgehead atoms. The fourth-order valence-corrected chi connectivity index (χ4v) is 3.51. The predicted molar refractivity (Wildman–Crippen MR) is 111 cm³/mol. The van der Waals surface area contributed by atoms with Crippen LogP contribution in [0.25, 0.3) is 10.8 Å². The quantitative estimate of drug-likeness (QED) is 0.559. The van der Waals surface area contributed by atoms with Crippen LogP contribution in [0.1, 0.15) is 35.7 Å². The third-order valence-electron chi connectivity index (χ3n) is 5.03. The van der Waals surface area contributed by atoms with Crippen molar-refractivity contribution >= 4 is 28.6 Å². The minimum atomic E-state index is -0.469. The van der Waals surface area contributed by atoms with E-state index >= 15 is 0 Å². The highest BCUT2D eigenvalue weighted by atomic mass is 16.5. The van der Waals surface area contributed by atoms with Crippen LogP contribution in [0.4, 0.5) is 0 Å². The highest BCUT2D eigenvalue weighted by Gasteiger charge is 2.27. The first-order valence-corrected chi connectivity index (χ1v) is 9.90. The molecule has 6 nitrogen and oxygen atoms in total. The summed E-state index contributed by atoms with van der Waals surface area (Å²) in [6, 6.07) is 11.2. The number of carbonyl (C=O) groups is 3. The van der Waals surface area contributed by atoms with E-state index in [2.05, 4.69) is 16.7 Å². The molecule has 3 rings (SSSR count). The van der Waals surface area contributed by atoms with Crippen LogP contribution in [0.15, 0.2) is 48.6 Å². The van der Waals surface area contributed by atoms with Gasteiger partial charge in [0.25, 0.3) is 5.91 Å². The van der Waals surface area contributed by atoms with E-state index in [0.717, 1.165) is 16.3 Å². The first kappa shape index (κ1) is 20.6. The van der Waals surface area contributed by atoms with Crippen molar-refractivity contribution in [1.82, 2.24) is 10.6 Å². The van der Waals surface area contributed by atoms with Crippen LogP contribution in [-0.2, 0) is 14.3 Å². The zero-order valence-corrected chi connectivity index (χ0v) is 16.7. The molecular weight excluding hydrogens is 368 g/mol. The van der Waals surface area contributed by atoms with Crippen LogP contribution in [-0.4, -0.2) is 37.0 Å². The molecular formula is C23H26N2O4. The molecule has 0 radical (unpaired) electrons. The van der Waals surface area contributed by atoms with Gasteiger partial charge in [-0.05, 0) is 49.6 Å². The van der Waals surface area contributed by atoms with E-state index in [1.807, 2.05) is 31.2 Å². The molecule has 0 unspecified atom stereocenters. The zero-order chi connectivity index (χ0) is 20.8. The summed E-state index contributed by atoms with van der Waals surface area (Å²) in [5.41, 5.74) is 1.69. The van der Waals surface area contributed by atoms with Gasteiger partial charge in [-0.2, -0.15) is 0 Å². The second-order valence-corrected chi connectivity index (χ2v) is 7.27. The van der Waals surface area contributed by atoms with Crippen molar-refractivity contribution < 1.29 is 19.1 Å². The largest absolute Gasteiger partial charge is 0.463 e. The first-order chi connectivity index (χ1) is 14.0. The van der Waals surface area contributed by atoms with Crippen molar-refractivity contribution in [3.63, 3.8) is 0 Å². The van der Waals surface area contributed by atoms with Crippen molar-refractivity contribution in [3.8, 4) is 0 Å². The number of hydrogen-bond acceptors (Lipinski definition) is 4. The average molecular weight is 394 g/mol. The van der Waals surface area contributed by atoms with Crippen molar-refractivity contribution in [1.29, 1.82) is 0 Å². The highest BCUT2D eigenvalue weighted by molar-refractivity contribution is 5.99. The molecule has 2 atom stereocenters. The van der Waals surface area contributed by atoms with Crippen LogP contribution in [0.5, 0.6) is 0 Å². The minimum absolute atomic E-state index is 0.0186. The Morgan fingerprint density at radius 3 is 2.72 bits per heavy atom. The van der Waals surface area contributed by atoms with Gasteiger partial charge in [0.05, 0.1) is 6.61 Å². The molecule has 29 heavy (non-hydrogen) atoms. The lowest BCUT2D eigenvalue weighted by atomic mass is 9.97. The van der Waals surface area contributed by atoms with Crippen molar-refractivity contribution in [3.05, 3.63) is 59.7 Å². The molecule has 0 aliphatic carbocycles. The van der Waals surface area contributed by atoms with E-state index in [1.165, 1.54) is 6.08 Å². The molecule has 2 amide bonds. The topological polar surface area (TPSA) is 84.5 Å². The Balaban J connectivity index is 1.76. The molecule has 0 aromatic heterocycles. The Morgan fingerprint density at radius 1 is 1.24 bits per heavy atom. The molecule has 0 saturated carbocycles. The number of aryl methyl sites for hydroxylation is 1. The first-order valence-electron chi connectivity index (χ1n) is 9.90. The molecule has 1 saturated heterocycles. The number of ether oxygens (including phenoxy) is 1. The smallest absolute Gasteiger partial charge is 0.330 e. The van der Waals surface area contributed by atoms with Crippen LogP contribution in [0.3, 0.4) is 0 Å². The van der Waals surface area contributed by atoms with Crippen LogP contribution < -0.4 is 10.6 Å². The average Bonchev–Trinajstić information content (AvgIpc) is 3.10. The summed E-state index contributed by atoms with van der Waals surface area (Å²) >= 11 is 0. The number of hydrogen-bond donors (Lipinski definition) is 2. The van der Waals surface area contributed by atoms with Crippen molar-refractivity contribution in [2.45, 2.75) is 32.7 Å². The number of benzene rings is 2. The Bertz CT molecular complexity index is 951. The number of amides is 2. The van der Waals surface area contributed by atoms with Crippen molar-refractivity contribution in [2.75, 3.05) is 13.2 Å². The molecule has 2 N–H and O–H groups in total. The van der Waals surface area contributed by atoms with Gasteiger partial charge in [0, 0.05) is 30.1 Å². The lowest BCUT2D eigenvalue weighted by molar-refractivity contribution is -0.137. The maximum absolute atomic E-state index is 12.8. The Hall–Kier alpha value is -3.15. The molecule has 1 heterocycles. The molecule has 2 aromatic carbocycles. The molecule has 0 spiro atoms. The monoisotopic (exact) mass is 394 g/mol. The summed E-state index contributed by atoms with van der Waals surface area (Å²) in [6.07, 6.45) is 4.06. The van der Waals surface area contributed by atoms with Gasteiger partial charge in [0.1, 0.15) is 0 Å². The Morgan fingerprint density at radius 2 is 2.00 bits per heavy atom. The summed E-state index contributed by atoms with van der Waals surface area (Å²) in [6.45, 7) is 4.67. The number of fused-ring (bicyclic) bond motifs is 1. The standard InChI is InChI=1S/C23H26N2O4/c1-3-29-21(26)9-8-20(14-19-10-11-24-22(19)27)25-23(28)18-7-6-16-12-15(2)4-5-17(16)13-18/h4-9,12-13,19-20H,3,10-11,14H2,1-2H3,(H,24,27)(H,25,28)/b9-8+/t19-,20+/m0/s1. The van der Waals surface area contributed by atoms with E-state index in [-0.39, 0.29) is 24.3 Å². The lowest BCUT2D eigenvalue weighted by Crippen LogP contribution is -2.36. The molecule has 1 fully saturated rings. The molecule has 6 heteroatoms. The second kappa shape index (κ2) is 9.37. The van der Waals surface area contributed by atoms with E-state index in [1.54, 1.807) is 19.1 Å². The van der Waals surface area contributed by atoms with Gasteiger partial charge in [-0.25, -0.2) is 4.79 Å². The number of esters is 1. The van der Waals surface area contributed by atoms with Crippen molar-refractivity contribution in [2.24, 2.45) is 5.92 Å². The highest BCUT2D eigenvalue weighted by Crippen LogP contribution is 2.20. The van der Waals surface area contributed by atoms with Gasteiger partial charge >= 0.3 is 5.97 Å². The summed E-state index contributed by atoms with van der Waals surface area (Å²) in [5.74, 6) is -0.922. The van der Waals surface area contributed by atoms with E-state index in [4.69, 9.17) is 4.74 Å². The van der Waals surface area contributed by atoms with Gasteiger partial charge in [-0.3, -0.25) is 9.59 Å². The summed E-state index contributed by atoms with van der Waals surface area (Å²) in [5, 5.41) is 7.80. The van der Waals surface area contributed by atoms with Gasteiger partial charge in [-0.1, -0.05) is 35.9 Å². The Labute approximate surface area is 170 Å². The van der Waals surface area contributed by atoms with E-state index in [9.17, 15) is 14.4 Å². The fraction of sp³-hybridized carbons (Fsp3) is 0.348. The Kier molecular flexibility index (Phi) is 6.65. The molecule has 152 valence electrons. The summed E-state index contributed by atoms with van der Waals surface area (Å²) in [7, 11) is 0. The predicted octanol–water partition coefficient (Wildman–Crippen LogP) is 2.89. The second-order valence-electron chi connectivity index (χ2n) is 7.27. The van der Waals surface area contributed by atoms with E-state index in [0.29, 0.717) is 24.9 Å². The molecule has 2 aromatic rings. The SMILES string of the molecule is CCOC(=O)/C=C/[C@H](C[C@@H]1CCNC1=O)NC(=O)c1ccc2cc(C)ccc2c1. The normalized spacial score (nSPS) is 17.3. The number of rotatable bonds is 7. The number of nitrogens with one attached hydrogen (secondary N) is 2. The van der Waals surface area contributed by atoms with Gasteiger partial charge in [0.15, 0.2) is 0 Å². The van der Waals surface area contributed by atoms with Crippen LogP contribution in [0, 0.1) is 12.8 Å². The minimum Gasteiger partial charge on any atom is -0.463 e. The maximum atomic E-state index is 12.8.